The Hall–Kier alpha value is -1.98. The fraction of sp³-hybridized carbons (Fsp3) is 0.389. The van der Waals surface area contributed by atoms with E-state index in [2.05, 4.69) is 39.2 Å². The van der Waals surface area contributed by atoms with Crippen LogP contribution in [0, 0.1) is 5.92 Å². The number of anilines is 1. The molecule has 0 spiro atoms. The maximum Gasteiger partial charge on any atom is 0.229 e. The van der Waals surface area contributed by atoms with Gasteiger partial charge in [0.15, 0.2) is 0 Å². The standard InChI is InChI=1S/C18H21ClN4O/c1-13(14-3-5-16(19)6-4-14)23-11-7-15(8-12-23)17(24)22-18-20-9-2-10-21-18/h2-6,9-10,13,15H,7-8,11-12H2,1H3,(H,20,21,22,24)/t13-/m0/s1. The van der Waals surface area contributed by atoms with Crippen LogP contribution in [0.25, 0.3) is 0 Å². The highest BCUT2D eigenvalue weighted by atomic mass is 35.5. The molecule has 126 valence electrons. The molecule has 1 atom stereocenters. The lowest BCUT2D eigenvalue weighted by atomic mass is 9.94. The first kappa shape index (κ1) is 16.9. The summed E-state index contributed by atoms with van der Waals surface area (Å²) in [5, 5.41) is 3.55. The first-order valence-corrected chi connectivity index (χ1v) is 8.58. The fourth-order valence-corrected chi connectivity index (χ4v) is 3.20. The molecule has 1 saturated heterocycles. The maximum absolute atomic E-state index is 12.3. The predicted molar refractivity (Wildman–Crippen MR) is 94.8 cm³/mol. The minimum atomic E-state index is 0.0139. The van der Waals surface area contributed by atoms with Crippen LogP contribution in [0.15, 0.2) is 42.7 Å². The summed E-state index contributed by atoms with van der Waals surface area (Å²) in [6.07, 6.45) is 4.94. The number of amides is 1. The maximum atomic E-state index is 12.3. The van der Waals surface area contributed by atoms with Crippen molar-refractivity contribution in [2.45, 2.75) is 25.8 Å². The van der Waals surface area contributed by atoms with E-state index in [1.807, 2.05) is 12.1 Å². The number of rotatable bonds is 4. The molecular weight excluding hydrogens is 324 g/mol. The SMILES string of the molecule is C[C@@H](c1ccc(Cl)cc1)N1CCC(C(=O)Nc2ncccn2)CC1. The molecule has 1 aromatic carbocycles. The van der Waals surface area contributed by atoms with Crippen LogP contribution < -0.4 is 5.32 Å². The lowest BCUT2D eigenvalue weighted by molar-refractivity contribution is -0.121. The predicted octanol–water partition coefficient (Wildman–Crippen LogP) is 3.54. The zero-order chi connectivity index (χ0) is 16.9. The van der Waals surface area contributed by atoms with Gasteiger partial charge in [-0.1, -0.05) is 23.7 Å². The van der Waals surface area contributed by atoms with Crippen LogP contribution >= 0.6 is 11.6 Å². The van der Waals surface area contributed by atoms with Gasteiger partial charge >= 0.3 is 0 Å². The number of carbonyl (C=O) groups is 1. The Morgan fingerprint density at radius 2 is 1.83 bits per heavy atom. The van der Waals surface area contributed by atoms with Crippen molar-refractivity contribution in [3.05, 3.63) is 53.3 Å². The van der Waals surface area contributed by atoms with Crippen molar-refractivity contribution < 1.29 is 4.79 Å². The van der Waals surface area contributed by atoms with Gasteiger partial charge in [0.05, 0.1) is 0 Å². The quantitative estimate of drug-likeness (QED) is 0.921. The van der Waals surface area contributed by atoms with Crippen LogP contribution in [0.3, 0.4) is 0 Å². The monoisotopic (exact) mass is 344 g/mol. The summed E-state index contributed by atoms with van der Waals surface area (Å²) in [7, 11) is 0. The van der Waals surface area contributed by atoms with Gasteiger partial charge in [-0.15, -0.1) is 0 Å². The van der Waals surface area contributed by atoms with E-state index in [1.54, 1.807) is 18.5 Å². The van der Waals surface area contributed by atoms with Crippen LogP contribution in [0.4, 0.5) is 5.95 Å². The van der Waals surface area contributed by atoms with Crippen molar-refractivity contribution in [2.75, 3.05) is 18.4 Å². The molecule has 1 amide bonds. The van der Waals surface area contributed by atoms with E-state index in [9.17, 15) is 4.79 Å². The minimum Gasteiger partial charge on any atom is -0.297 e. The van der Waals surface area contributed by atoms with E-state index in [1.165, 1.54) is 5.56 Å². The number of benzene rings is 1. The van der Waals surface area contributed by atoms with Crippen molar-refractivity contribution in [2.24, 2.45) is 5.92 Å². The zero-order valence-corrected chi connectivity index (χ0v) is 14.4. The highest BCUT2D eigenvalue weighted by Gasteiger charge is 2.28. The molecule has 5 nitrogen and oxygen atoms in total. The number of hydrogen-bond donors (Lipinski definition) is 1. The number of hydrogen-bond acceptors (Lipinski definition) is 4. The van der Waals surface area contributed by atoms with Gasteiger partial charge in [-0.2, -0.15) is 0 Å². The van der Waals surface area contributed by atoms with Gasteiger partial charge in [0, 0.05) is 29.4 Å². The molecule has 6 heteroatoms. The molecule has 1 N–H and O–H groups in total. The van der Waals surface area contributed by atoms with Crippen molar-refractivity contribution in [1.82, 2.24) is 14.9 Å². The molecule has 1 aromatic heterocycles. The average Bonchev–Trinajstić information content (AvgIpc) is 2.63. The normalized spacial score (nSPS) is 17.4. The van der Waals surface area contributed by atoms with E-state index >= 15 is 0 Å². The van der Waals surface area contributed by atoms with Gasteiger partial charge in [-0.05, 0) is 56.6 Å². The van der Waals surface area contributed by atoms with Crippen LogP contribution in [0.1, 0.15) is 31.4 Å². The second-order valence-corrected chi connectivity index (χ2v) is 6.54. The second kappa shape index (κ2) is 7.73. The van der Waals surface area contributed by atoms with Gasteiger partial charge < -0.3 is 0 Å². The fourth-order valence-electron chi connectivity index (χ4n) is 3.08. The largest absolute Gasteiger partial charge is 0.297 e. The summed E-state index contributed by atoms with van der Waals surface area (Å²) in [5.41, 5.74) is 1.25. The molecule has 0 aliphatic carbocycles. The number of aromatic nitrogens is 2. The first-order valence-electron chi connectivity index (χ1n) is 8.21. The highest BCUT2D eigenvalue weighted by molar-refractivity contribution is 6.30. The van der Waals surface area contributed by atoms with Crippen LogP contribution in [-0.4, -0.2) is 33.9 Å². The zero-order valence-electron chi connectivity index (χ0n) is 13.7. The van der Waals surface area contributed by atoms with Crippen LogP contribution in [-0.2, 0) is 4.79 Å². The number of likely N-dealkylation sites (tertiary alicyclic amines) is 1. The molecule has 1 fully saturated rings. The number of carbonyl (C=O) groups excluding carboxylic acids is 1. The van der Waals surface area contributed by atoms with Gasteiger partial charge in [0.25, 0.3) is 0 Å². The third-order valence-electron chi connectivity index (χ3n) is 4.60. The minimum absolute atomic E-state index is 0.0139. The Balaban J connectivity index is 1.53. The van der Waals surface area contributed by atoms with Crippen molar-refractivity contribution >= 4 is 23.5 Å². The molecule has 0 unspecified atom stereocenters. The van der Waals surface area contributed by atoms with Gasteiger partial charge in [0.2, 0.25) is 11.9 Å². The summed E-state index contributed by atoms with van der Waals surface area (Å²) in [6.45, 7) is 4.00. The average molecular weight is 345 g/mol. The smallest absolute Gasteiger partial charge is 0.229 e. The number of nitrogens with zero attached hydrogens (tertiary/aromatic N) is 3. The molecule has 24 heavy (non-hydrogen) atoms. The number of nitrogens with one attached hydrogen (secondary N) is 1. The molecular formula is C18H21ClN4O. The topological polar surface area (TPSA) is 58.1 Å². The molecule has 2 heterocycles. The molecule has 0 radical (unpaired) electrons. The first-order chi connectivity index (χ1) is 11.6. The lowest BCUT2D eigenvalue weighted by Gasteiger charge is -2.35. The number of piperidine rings is 1. The van der Waals surface area contributed by atoms with E-state index in [4.69, 9.17) is 11.6 Å². The summed E-state index contributed by atoms with van der Waals surface area (Å²) in [6, 6.07) is 10.0. The Morgan fingerprint density at radius 1 is 1.21 bits per heavy atom. The van der Waals surface area contributed by atoms with Gasteiger partial charge in [-0.25, -0.2) is 9.97 Å². The van der Waals surface area contributed by atoms with Crippen LogP contribution in [0.2, 0.25) is 5.02 Å². The Kier molecular flexibility index (Phi) is 5.43. The molecule has 0 saturated carbocycles. The van der Waals surface area contributed by atoms with Crippen molar-refractivity contribution in [3.63, 3.8) is 0 Å². The molecule has 3 rings (SSSR count). The molecule has 0 bridgehead atoms. The summed E-state index contributed by atoms with van der Waals surface area (Å²) < 4.78 is 0. The summed E-state index contributed by atoms with van der Waals surface area (Å²) >= 11 is 5.95. The van der Waals surface area contributed by atoms with Gasteiger partial charge in [0.1, 0.15) is 0 Å². The lowest BCUT2D eigenvalue weighted by Crippen LogP contribution is -2.39. The molecule has 2 aromatic rings. The van der Waals surface area contributed by atoms with E-state index in [0.29, 0.717) is 12.0 Å². The highest BCUT2D eigenvalue weighted by Crippen LogP contribution is 2.27. The Morgan fingerprint density at radius 3 is 2.46 bits per heavy atom. The van der Waals surface area contributed by atoms with E-state index < -0.39 is 0 Å². The number of halogens is 1. The Bertz CT molecular complexity index is 669. The molecule has 1 aliphatic rings. The van der Waals surface area contributed by atoms with E-state index in [0.717, 1.165) is 31.0 Å². The van der Waals surface area contributed by atoms with Crippen molar-refractivity contribution in [3.8, 4) is 0 Å². The Labute approximate surface area is 147 Å². The van der Waals surface area contributed by atoms with Crippen molar-refractivity contribution in [1.29, 1.82) is 0 Å². The van der Waals surface area contributed by atoms with E-state index in [-0.39, 0.29) is 11.8 Å². The summed E-state index contributed by atoms with van der Waals surface area (Å²) in [4.78, 5) is 22.8. The molecule has 1 aliphatic heterocycles. The van der Waals surface area contributed by atoms with Gasteiger partial charge in [-0.3, -0.25) is 15.0 Å². The van der Waals surface area contributed by atoms with Crippen LogP contribution in [0.5, 0.6) is 0 Å². The third-order valence-corrected chi connectivity index (χ3v) is 4.85. The second-order valence-electron chi connectivity index (χ2n) is 6.10. The summed E-state index contributed by atoms with van der Waals surface area (Å²) in [5.74, 6) is 0.405. The third kappa shape index (κ3) is 4.10.